The van der Waals surface area contributed by atoms with Gasteiger partial charge in [0.2, 0.25) is 0 Å². The Balaban J connectivity index is 1.53. The molecule has 1 N–H and O–H groups in total. The molecule has 4 rings (SSSR count). The van der Waals surface area contributed by atoms with E-state index in [9.17, 15) is 4.79 Å². The molecular weight excluding hydrogens is 370 g/mol. The maximum atomic E-state index is 13.2. The van der Waals surface area contributed by atoms with E-state index in [-0.39, 0.29) is 5.91 Å². The topological polar surface area (TPSA) is 46.9 Å². The summed E-state index contributed by atoms with van der Waals surface area (Å²) in [6.07, 6.45) is 9.10. The smallest absolute Gasteiger partial charge is 0.255 e. The Hall–Kier alpha value is -2.88. The van der Waals surface area contributed by atoms with Gasteiger partial charge in [-0.15, -0.1) is 0 Å². The van der Waals surface area contributed by atoms with Crippen LogP contribution in [0.15, 0.2) is 60.7 Å². The Labute approximate surface area is 179 Å². The van der Waals surface area contributed by atoms with Gasteiger partial charge in [0.05, 0.1) is 16.9 Å². The Morgan fingerprint density at radius 1 is 1.00 bits per heavy atom. The van der Waals surface area contributed by atoms with Crippen LogP contribution in [0.2, 0.25) is 0 Å². The van der Waals surface area contributed by atoms with Crippen molar-refractivity contribution < 1.29 is 4.79 Å². The molecule has 4 nitrogen and oxygen atoms in total. The molecule has 1 saturated carbocycles. The molecule has 0 radical (unpaired) electrons. The number of nitrogens with zero attached hydrogens (tertiary/aromatic N) is 2. The summed E-state index contributed by atoms with van der Waals surface area (Å²) in [5.74, 6) is 0.815. The fourth-order valence-corrected chi connectivity index (χ4v) is 4.55. The Kier molecular flexibility index (Phi) is 6.63. The lowest BCUT2D eigenvalue weighted by Crippen LogP contribution is -2.26. The summed E-state index contributed by atoms with van der Waals surface area (Å²) in [4.78, 5) is 13.2. The van der Waals surface area contributed by atoms with Crippen molar-refractivity contribution in [3.8, 4) is 16.9 Å². The summed E-state index contributed by atoms with van der Waals surface area (Å²) < 4.78 is 1.87. The lowest BCUT2D eigenvalue weighted by Gasteiger charge is -2.21. The number of nitrogens with one attached hydrogen (secondary N) is 1. The first-order valence-corrected chi connectivity index (χ1v) is 11.2. The maximum absolute atomic E-state index is 13.2. The van der Waals surface area contributed by atoms with E-state index < -0.39 is 0 Å². The molecule has 1 aliphatic carbocycles. The minimum atomic E-state index is -0.0304. The summed E-state index contributed by atoms with van der Waals surface area (Å²) in [5.41, 5.74) is 4.19. The summed E-state index contributed by atoms with van der Waals surface area (Å²) in [6, 6.07) is 20.0. The second-order valence-corrected chi connectivity index (χ2v) is 8.32. The van der Waals surface area contributed by atoms with Crippen molar-refractivity contribution in [2.24, 2.45) is 5.92 Å². The average Bonchev–Trinajstić information content (AvgIpc) is 3.15. The van der Waals surface area contributed by atoms with Crippen LogP contribution >= 0.6 is 0 Å². The molecule has 0 spiro atoms. The third-order valence-corrected chi connectivity index (χ3v) is 6.19. The molecule has 1 heterocycles. The summed E-state index contributed by atoms with van der Waals surface area (Å²) >= 11 is 0. The van der Waals surface area contributed by atoms with E-state index in [1.807, 2.05) is 72.3 Å². The van der Waals surface area contributed by atoms with E-state index in [4.69, 9.17) is 5.10 Å². The lowest BCUT2D eigenvalue weighted by atomic mass is 9.86. The monoisotopic (exact) mass is 401 g/mol. The number of rotatable bonds is 7. The van der Waals surface area contributed by atoms with Gasteiger partial charge in [0, 0.05) is 12.1 Å². The second-order valence-electron chi connectivity index (χ2n) is 8.32. The molecule has 0 atom stereocenters. The van der Waals surface area contributed by atoms with Crippen LogP contribution in [0.25, 0.3) is 16.9 Å². The van der Waals surface area contributed by atoms with Gasteiger partial charge < -0.3 is 5.32 Å². The summed E-state index contributed by atoms with van der Waals surface area (Å²) in [5, 5.41) is 7.99. The minimum absolute atomic E-state index is 0.0304. The van der Waals surface area contributed by atoms with E-state index in [1.54, 1.807) is 0 Å². The first-order chi connectivity index (χ1) is 14.7. The number of carbonyl (C=O) groups is 1. The van der Waals surface area contributed by atoms with Crippen molar-refractivity contribution in [3.63, 3.8) is 0 Å². The van der Waals surface area contributed by atoms with Crippen LogP contribution in [0.1, 0.15) is 61.0 Å². The van der Waals surface area contributed by atoms with Gasteiger partial charge in [-0.2, -0.15) is 5.10 Å². The average molecular weight is 402 g/mol. The number of amides is 1. The van der Waals surface area contributed by atoms with Crippen LogP contribution in [0.4, 0.5) is 0 Å². The molecule has 1 aromatic heterocycles. The third-order valence-electron chi connectivity index (χ3n) is 6.19. The van der Waals surface area contributed by atoms with Gasteiger partial charge in [-0.1, -0.05) is 80.6 Å². The highest BCUT2D eigenvalue weighted by Gasteiger charge is 2.23. The number of carbonyl (C=O) groups excluding carboxylic acids is 1. The SMILES string of the molecule is Cc1c(C(=O)NCCCC2CCCCC2)c(-c2ccccc2)nn1-c1ccccc1. The zero-order chi connectivity index (χ0) is 20.8. The van der Waals surface area contributed by atoms with E-state index in [0.717, 1.165) is 41.5 Å². The van der Waals surface area contributed by atoms with Gasteiger partial charge in [0.25, 0.3) is 5.91 Å². The predicted octanol–water partition coefficient (Wildman–Crippen LogP) is 5.94. The lowest BCUT2D eigenvalue weighted by molar-refractivity contribution is 0.0952. The van der Waals surface area contributed by atoms with Crippen LogP contribution in [-0.4, -0.2) is 22.2 Å². The minimum Gasteiger partial charge on any atom is -0.352 e. The molecule has 4 heteroatoms. The molecule has 0 unspecified atom stereocenters. The Morgan fingerprint density at radius 3 is 2.37 bits per heavy atom. The number of aromatic nitrogens is 2. The molecular formula is C26H31N3O. The number of hydrogen-bond donors (Lipinski definition) is 1. The van der Waals surface area contributed by atoms with Gasteiger partial charge in [-0.05, 0) is 37.8 Å². The standard InChI is InChI=1S/C26H31N3O/c1-20-24(26(30)27-19-11-14-21-12-5-2-6-13-21)25(22-15-7-3-8-16-22)28-29(20)23-17-9-4-10-18-23/h3-4,7-10,15-18,21H,2,5-6,11-14,19H2,1H3,(H,27,30). The van der Waals surface area contributed by atoms with Crippen molar-refractivity contribution in [2.75, 3.05) is 6.54 Å². The highest BCUT2D eigenvalue weighted by Crippen LogP contribution is 2.28. The van der Waals surface area contributed by atoms with Crippen molar-refractivity contribution in [2.45, 2.75) is 51.9 Å². The molecule has 30 heavy (non-hydrogen) atoms. The van der Waals surface area contributed by atoms with E-state index in [2.05, 4.69) is 5.32 Å². The quantitative estimate of drug-likeness (QED) is 0.498. The molecule has 2 aromatic carbocycles. The van der Waals surface area contributed by atoms with Crippen LogP contribution in [0.5, 0.6) is 0 Å². The largest absolute Gasteiger partial charge is 0.352 e. The molecule has 156 valence electrons. The van der Waals surface area contributed by atoms with Crippen molar-refractivity contribution in [1.82, 2.24) is 15.1 Å². The Morgan fingerprint density at radius 2 is 1.67 bits per heavy atom. The van der Waals surface area contributed by atoms with Gasteiger partial charge >= 0.3 is 0 Å². The highest BCUT2D eigenvalue weighted by atomic mass is 16.1. The molecule has 0 bridgehead atoms. The van der Waals surface area contributed by atoms with E-state index in [0.29, 0.717) is 5.56 Å². The van der Waals surface area contributed by atoms with Gasteiger partial charge in [-0.3, -0.25) is 4.79 Å². The van der Waals surface area contributed by atoms with Gasteiger partial charge in [0.15, 0.2) is 0 Å². The first kappa shape index (κ1) is 20.4. The molecule has 3 aromatic rings. The molecule has 1 amide bonds. The summed E-state index contributed by atoms with van der Waals surface area (Å²) in [7, 11) is 0. The third kappa shape index (κ3) is 4.64. The molecule has 0 saturated heterocycles. The van der Waals surface area contributed by atoms with Gasteiger partial charge in [-0.25, -0.2) is 4.68 Å². The van der Waals surface area contributed by atoms with Gasteiger partial charge in [0.1, 0.15) is 5.69 Å². The summed E-state index contributed by atoms with van der Waals surface area (Å²) in [6.45, 7) is 2.70. The van der Waals surface area contributed by atoms with Crippen molar-refractivity contribution in [1.29, 1.82) is 0 Å². The molecule has 0 aliphatic heterocycles. The predicted molar refractivity (Wildman–Crippen MR) is 122 cm³/mol. The van der Waals surface area contributed by atoms with E-state index >= 15 is 0 Å². The van der Waals surface area contributed by atoms with Crippen LogP contribution in [0, 0.1) is 12.8 Å². The zero-order valence-electron chi connectivity index (χ0n) is 17.8. The fraction of sp³-hybridized carbons (Fsp3) is 0.385. The van der Waals surface area contributed by atoms with Crippen LogP contribution < -0.4 is 5.32 Å². The number of benzene rings is 2. The maximum Gasteiger partial charge on any atom is 0.255 e. The zero-order valence-corrected chi connectivity index (χ0v) is 17.8. The molecule has 1 aliphatic rings. The van der Waals surface area contributed by atoms with Crippen LogP contribution in [0.3, 0.4) is 0 Å². The highest BCUT2D eigenvalue weighted by molar-refractivity contribution is 6.01. The fourth-order valence-electron chi connectivity index (χ4n) is 4.55. The van der Waals surface area contributed by atoms with Crippen LogP contribution in [-0.2, 0) is 0 Å². The molecule has 1 fully saturated rings. The first-order valence-electron chi connectivity index (χ1n) is 11.2. The van der Waals surface area contributed by atoms with E-state index in [1.165, 1.54) is 38.5 Å². The van der Waals surface area contributed by atoms with Crippen molar-refractivity contribution in [3.05, 3.63) is 71.9 Å². The Bertz CT molecular complexity index is 957. The number of para-hydroxylation sites is 1. The normalized spacial score (nSPS) is 14.6. The van der Waals surface area contributed by atoms with Crippen molar-refractivity contribution >= 4 is 5.91 Å². The number of hydrogen-bond acceptors (Lipinski definition) is 2. The second kappa shape index (κ2) is 9.75.